The van der Waals surface area contributed by atoms with Gasteiger partial charge in [-0.3, -0.25) is 4.79 Å². The first-order valence-corrected chi connectivity index (χ1v) is 6.41. The van der Waals surface area contributed by atoms with Crippen LogP contribution in [0.2, 0.25) is 0 Å². The Hall–Kier alpha value is -2.49. The highest BCUT2D eigenvalue weighted by Crippen LogP contribution is 2.31. The second-order valence-electron chi connectivity index (χ2n) is 4.59. The zero-order chi connectivity index (χ0) is 14.5. The van der Waals surface area contributed by atoms with Gasteiger partial charge >= 0.3 is 5.97 Å². The first-order chi connectivity index (χ1) is 9.59. The molecule has 1 unspecified atom stereocenters. The van der Waals surface area contributed by atoms with Gasteiger partial charge in [-0.15, -0.1) is 0 Å². The molecular formula is C16H17NO3. The van der Waals surface area contributed by atoms with Gasteiger partial charge in [0.1, 0.15) is 12.3 Å². The van der Waals surface area contributed by atoms with Crippen molar-refractivity contribution in [3.63, 3.8) is 0 Å². The molecule has 104 valence electrons. The number of rotatable bonds is 5. The fourth-order valence-electron chi connectivity index (χ4n) is 2.23. The summed E-state index contributed by atoms with van der Waals surface area (Å²) in [6, 6.07) is 16.1. The van der Waals surface area contributed by atoms with Gasteiger partial charge in [-0.05, 0) is 25.1 Å². The Bertz CT molecular complexity index is 583. The first kappa shape index (κ1) is 13.9. The van der Waals surface area contributed by atoms with Crippen molar-refractivity contribution in [2.24, 2.45) is 0 Å². The van der Waals surface area contributed by atoms with Gasteiger partial charge in [0.15, 0.2) is 0 Å². The van der Waals surface area contributed by atoms with Crippen LogP contribution in [0.3, 0.4) is 0 Å². The molecule has 0 heterocycles. The summed E-state index contributed by atoms with van der Waals surface area (Å²) in [6.45, 7) is 1.75. The molecule has 1 atom stereocenters. The molecule has 0 aliphatic heterocycles. The van der Waals surface area contributed by atoms with Crippen LogP contribution in [0, 0.1) is 0 Å². The largest absolute Gasteiger partial charge is 0.508 e. The van der Waals surface area contributed by atoms with Crippen molar-refractivity contribution >= 4 is 11.7 Å². The Morgan fingerprint density at radius 2 is 1.70 bits per heavy atom. The summed E-state index contributed by atoms with van der Waals surface area (Å²) >= 11 is 0. The van der Waals surface area contributed by atoms with E-state index in [0.29, 0.717) is 5.56 Å². The highest BCUT2D eigenvalue weighted by molar-refractivity contribution is 5.74. The van der Waals surface area contributed by atoms with Crippen LogP contribution in [0.4, 0.5) is 5.69 Å². The third-order valence-corrected chi connectivity index (χ3v) is 3.25. The van der Waals surface area contributed by atoms with Gasteiger partial charge in [0.2, 0.25) is 0 Å². The topological polar surface area (TPSA) is 60.8 Å². The van der Waals surface area contributed by atoms with Gasteiger partial charge in [0, 0.05) is 11.3 Å². The third-order valence-electron chi connectivity index (χ3n) is 3.25. The molecule has 2 aromatic rings. The predicted octanol–water partition coefficient (Wildman–Crippen LogP) is 3.04. The molecular weight excluding hydrogens is 254 g/mol. The first-order valence-electron chi connectivity index (χ1n) is 6.41. The lowest BCUT2D eigenvalue weighted by Crippen LogP contribution is -2.32. The number of benzene rings is 2. The molecule has 0 amide bonds. The summed E-state index contributed by atoms with van der Waals surface area (Å²) in [6.07, 6.45) is 0. The van der Waals surface area contributed by atoms with E-state index in [4.69, 9.17) is 5.11 Å². The maximum Gasteiger partial charge on any atom is 0.323 e. The summed E-state index contributed by atoms with van der Waals surface area (Å²) in [5.74, 6) is -0.734. The van der Waals surface area contributed by atoms with Gasteiger partial charge in [0.25, 0.3) is 0 Å². The van der Waals surface area contributed by atoms with E-state index in [0.717, 1.165) is 5.69 Å². The molecule has 2 rings (SSSR count). The van der Waals surface area contributed by atoms with Crippen molar-refractivity contribution in [1.82, 2.24) is 0 Å². The molecule has 4 nitrogen and oxygen atoms in total. The van der Waals surface area contributed by atoms with Crippen molar-refractivity contribution in [1.29, 1.82) is 0 Å². The number of carbonyl (C=O) groups is 1. The number of hydrogen-bond donors (Lipinski definition) is 2. The van der Waals surface area contributed by atoms with Gasteiger partial charge in [-0.25, -0.2) is 0 Å². The number of nitrogens with zero attached hydrogens (tertiary/aromatic N) is 1. The minimum atomic E-state index is -0.906. The summed E-state index contributed by atoms with van der Waals surface area (Å²) < 4.78 is 0. The Morgan fingerprint density at radius 1 is 1.10 bits per heavy atom. The van der Waals surface area contributed by atoms with Gasteiger partial charge < -0.3 is 15.1 Å². The summed E-state index contributed by atoms with van der Waals surface area (Å²) in [5.41, 5.74) is 1.52. The van der Waals surface area contributed by atoms with Crippen LogP contribution in [0.25, 0.3) is 0 Å². The second-order valence-corrected chi connectivity index (χ2v) is 4.59. The van der Waals surface area contributed by atoms with Crippen LogP contribution in [0.5, 0.6) is 5.75 Å². The lowest BCUT2D eigenvalue weighted by atomic mass is 10.0. The zero-order valence-electron chi connectivity index (χ0n) is 11.2. The van der Waals surface area contributed by atoms with E-state index in [1.54, 1.807) is 23.1 Å². The Labute approximate surface area is 117 Å². The van der Waals surface area contributed by atoms with E-state index >= 15 is 0 Å². The molecule has 0 bridgehead atoms. The lowest BCUT2D eigenvalue weighted by molar-refractivity contribution is -0.135. The van der Waals surface area contributed by atoms with Crippen molar-refractivity contribution in [2.45, 2.75) is 13.0 Å². The van der Waals surface area contributed by atoms with Crippen LogP contribution >= 0.6 is 0 Å². The Morgan fingerprint density at radius 3 is 2.30 bits per heavy atom. The Kier molecular flexibility index (Phi) is 4.25. The van der Waals surface area contributed by atoms with Crippen LogP contribution < -0.4 is 4.90 Å². The quantitative estimate of drug-likeness (QED) is 0.877. The molecule has 20 heavy (non-hydrogen) atoms. The SMILES string of the molecule is CC(c1ccccc1O)N(CC(=O)O)c1ccccc1. The van der Waals surface area contributed by atoms with Gasteiger partial charge in [-0.1, -0.05) is 36.4 Å². The summed E-state index contributed by atoms with van der Waals surface area (Å²) in [7, 11) is 0. The van der Waals surface area contributed by atoms with Crippen molar-refractivity contribution in [2.75, 3.05) is 11.4 Å². The molecule has 2 N–H and O–H groups in total. The molecule has 0 spiro atoms. The number of anilines is 1. The summed E-state index contributed by atoms with van der Waals surface area (Å²) in [4.78, 5) is 12.8. The van der Waals surface area contributed by atoms with Gasteiger partial charge in [0.05, 0.1) is 6.04 Å². The van der Waals surface area contributed by atoms with E-state index in [1.165, 1.54) is 0 Å². The van der Waals surface area contributed by atoms with E-state index < -0.39 is 5.97 Å². The maximum absolute atomic E-state index is 11.1. The lowest BCUT2D eigenvalue weighted by Gasteiger charge is -2.30. The van der Waals surface area contributed by atoms with Crippen molar-refractivity contribution in [3.05, 3.63) is 60.2 Å². The number of aromatic hydroxyl groups is 1. The fraction of sp³-hybridized carbons (Fsp3) is 0.188. The molecule has 2 aromatic carbocycles. The monoisotopic (exact) mass is 271 g/mol. The Balaban J connectivity index is 2.37. The molecule has 0 aliphatic rings. The minimum Gasteiger partial charge on any atom is -0.508 e. The highest BCUT2D eigenvalue weighted by Gasteiger charge is 2.20. The average Bonchev–Trinajstić information content (AvgIpc) is 2.45. The van der Waals surface area contributed by atoms with E-state index in [9.17, 15) is 9.90 Å². The van der Waals surface area contributed by atoms with Crippen molar-refractivity contribution in [3.8, 4) is 5.75 Å². The van der Waals surface area contributed by atoms with E-state index in [2.05, 4.69) is 0 Å². The average molecular weight is 271 g/mol. The predicted molar refractivity (Wildman–Crippen MR) is 77.9 cm³/mol. The third kappa shape index (κ3) is 3.09. The number of carboxylic acid groups (broad SMARTS) is 1. The molecule has 0 radical (unpaired) electrons. The van der Waals surface area contributed by atoms with Crippen LogP contribution in [-0.4, -0.2) is 22.7 Å². The molecule has 0 fully saturated rings. The summed E-state index contributed by atoms with van der Waals surface area (Å²) in [5, 5.41) is 19.0. The molecule has 0 aromatic heterocycles. The van der Waals surface area contributed by atoms with Crippen LogP contribution in [0.15, 0.2) is 54.6 Å². The highest BCUT2D eigenvalue weighted by atomic mass is 16.4. The molecule has 0 saturated heterocycles. The normalized spacial score (nSPS) is 11.8. The van der Waals surface area contributed by atoms with Crippen molar-refractivity contribution < 1.29 is 15.0 Å². The minimum absolute atomic E-state index is 0.125. The number of aliphatic carboxylic acids is 1. The number of carboxylic acids is 1. The number of phenols is 1. The fourth-order valence-corrected chi connectivity index (χ4v) is 2.23. The van der Waals surface area contributed by atoms with Crippen LogP contribution in [-0.2, 0) is 4.79 Å². The molecule has 0 saturated carbocycles. The number of hydrogen-bond acceptors (Lipinski definition) is 3. The van der Waals surface area contributed by atoms with E-state index in [-0.39, 0.29) is 18.3 Å². The molecule has 4 heteroatoms. The smallest absolute Gasteiger partial charge is 0.323 e. The maximum atomic E-state index is 11.1. The zero-order valence-corrected chi connectivity index (χ0v) is 11.2. The second kappa shape index (κ2) is 6.10. The standard InChI is InChI=1S/C16H17NO3/c1-12(14-9-5-6-10-15(14)18)17(11-16(19)20)13-7-3-2-4-8-13/h2-10,12,18H,11H2,1H3,(H,19,20). The number of phenolic OH excluding ortho intramolecular Hbond substituents is 1. The number of para-hydroxylation sites is 2. The van der Waals surface area contributed by atoms with E-state index in [1.807, 2.05) is 43.3 Å². The molecule has 0 aliphatic carbocycles. The van der Waals surface area contributed by atoms with Crippen LogP contribution in [0.1, 0.15) is 18.5 Å². The van der Waals surface area contributed by atoms with Gasteiger partial charge in [-0.2, -0.15) is 0 Å².